The number of aromatic nitrogens is 2. The summed E-state index contributed by atoms with van der Waals surface area (Å²) in [6.07, 6.45) is 0. The Kier molecular flexibility index (Phi) is 4.36. The van der Waals surface area contributed by atoms with E-state index in [9.17, 15) is 9.18 Å². The van der Waals surface area contributed by atoms with Gasteiger partial charge in [-0.3, -0.25) is 4.79 Å². The van der Waals surface area contributed by atoms with Gasteiger partial charge in [-0.2, -0.15) is 5.10 Å². The van der Waals surface area contributed by atoms with Gasteiger partial charge in [-0.1, -0.05) is 23.7 Å². The second-order valence-corrected chi connectivity index (χ2v) is 5.76. The summed E-state index contributed by atoms with van der Waals surface area (Å²) in [5.41, 5.74) is 3.00. The number of hydrogen-bond donors (Lipinski definition) is 1. The highest BCUT2D eigenvalue weighted by molar-refractivity contribution is 6.31. The van der Waals surface area contributed by atoms with E-state index in [0.717, 1.165) is 17.1 Å². The van der Waals surface area contributed by atoms with E-state index < -0.39 is 11.7 Å². The van der Waals surface area contributed by atoms with E-state index >= 15 is 0 Å². The minimum absolute atomic E-state index is 0.00639. The maximum atomic E-state index is 13.6. The number of hydrogen-bond acceptors (Lipinski definition) is 2. The SMILES string of the molecule is Cc1nn(-c2ccc(NC(=O)c3ccccc3F)cc2)c(C)c1Cl. The predicted molar refractivity (Wildman–Crippen MR) is 92.4 cm³/mol. The average Bonchev–Trinajstić information content (AvgIpc) is 2.83. The van der Waals surface area contributed by atoms with Crippen LogP contribution in [0.5, 0.6) is 0 Å². The van der Waals surface area contributed by atoms with E-state index in [0.29, 0.717) is 10.7 Å². The number of carbonyl (C=O) groups is 1. The second-order valence-electron chi connectivity index (χ2n) is 5.38. The van der Waals surface area contributed by atoms with Gasteiger partial charge in [0, 0.05) is 5.69 Å². The molecule has 0 radical (unpaired) electrons. The smallest absolute Gasteiger partial charge is 0.258 e. The number of carbonyl (C=O) groups excluding carboxylic acids is 1. The van der Waals surface area contributed by atoms with Crippen LogP contribution in [0.3, 0.4) is 0 Å². The lowest BCUT2D eigenvalue weighted by atomic mass is 10.2. The molecule has 4 nitrogen and oxygen atoms in total. The minimum Gasteiger partial charge on any atom is -0.322 e. The quantitative estimate of drug-likeness (QED) is 0.759. The average molecular weight is 344 g/mol. The molecule has 0 spiro atoms. The van der Waals surface area contributed by atoms with Crippen LogP contribution in [0, 0.1) is 19.7 Å². The molecule has 0 aliphatic carbocycles. The third-order valence-corrected chi connectivity index (χ3v) is 4.24. The zero-order chi connectivity index (χ0) is 17.3. The molecule has 2 aromatic carbocycles. The van der Waals surface area contributed by atoms with Gasteiger partial charge in [0.05, 0.1) is 27.7 Å². The molecule has 0 unspecified atom stereocenters. The first-order chi connectivity index (χ1) is 11.5. The van der Waals surface area contributed by atoms with Gasteiger partial charge in [0.15, 0.2) is 0 Å². The number of anilines is 1. The molecule has 0 fully saturated rings. The minimum atomic E-state index is -0.552. The van der Waals surface area contributed by atoms with Crippen molar-refractivity contribution in [3.8, 4) is 5.69 Å². The van der Waals surface area contributed by atoms with E-state index in [1.807, 2.05) is 26.0 Å². The fourth-order valence-electron chi connectivity index (χ4n) is 2.40. The van der Waals surface area contributed by atoms with Crippen LogP contribution < -0.4 is 5.32 Å². The number of amides is 1. The molecule has 6 heteroatoms. The summed E-state index contributed by atoms with van der Waals surface area (Å²) in [6, 6.07) is 13.0. The van der Waals surface area contributed by atoms with Gasteiger partial charge in [0.1, 0.15) is 5.82 Å². The van der Waals surface area contributed by atoms with Crippen LogP contribution in [-0.2, 0) is 0 Å². The normalized spacial score (nSPS) is 10.7. The van der Waals surface area contributed by atoms with Crippen molar-refractivity contribution in [1.29, 1.82) is 0 Å². The molecule has 0 atom stereocenters. The molecule has 1 N–H and O–H groups in total. The number of benzene rings is 2. The van der Waals surface area contributed by atoms with E-state index in [4.69, 9.17) is 11.6 Å². The lowest BCUT2D eigenvalue weighted by Crippen LogP contribution is -2.13. The van der Waals surface area contributed by atoms with Crippen molar-refractivity contribution in [2.24, 2.45) is 0 Å². The molecule has 122 valence electrons. The third kappa shape index (κ3) is 3.03. The third-order valence-electron chi connectivity index (χ3n) is 3.69. The highest BCUT2D eigenvalue weighted by Crippen LogP contribution is 2.23. The summed E-state index contributed by atoms with van der Waals surface area (Å²) in [5.74, 6) is -1.04. The van der Waals surface area contributed by atoms with Crippen LogP contribution in [0.2, 0.25) is 5.02 Å². The zero-order valence-corrected chi connectivity index (χ0v) is 13.9. The molecule has 24 heavy (non-hydrogen) atoms. The summed E-state index contributed by atoms with van der Waals surface area (Å²) < 4.78 is 15.4. The molecule has 0 aliphatic heterocycles. The van der Waals surface area contributed by atoms with Crippen LogP contribution in [-0.4, -0.2) is 15.7 Å². The summed E-state index contributed by atoms with van der Waals surface area (Å²) in [4.78, 5) is 12.1. The van der Waals surface area contributed by atoms with E-state index in [1.165, 1.54) is 12.1 Å². The topological polar surface area (TPSA) is 46.9 Å². The van der Waals surface area contributed by atoms with Crippen molar-refractivity contribution in [2.45, 2.75) is 13.8 Å². The first-order valence-corrected chi connectivity index (χ1v) is 7.73. The van der Waals surface area contributed by atoms with Crippen LogP contribution in [0.4, 0.5) is 10.1 Å². The Morgan fingerprint density at radius 2 is 1.79 bits per heavy atom. The molecule has 3 rings (SSSR count). The van der Waals surface area contributed by atoms with Gasteiger partial charge >= 0.3 is 0 Å². The summed E-state index contributed by atoms with van der Waals surface area (Å²) >= 11 is 6.16. The molecule has 0 saturated carbocycles. The standard InChI is InChI=1S/C18H15ClFN3O/c1-11-17(19)12(2)23(22-11)14-9-7-13(8-10-14)21-18(24)15-5-3-4-6-16(15)20/h3-10H,1-2H3,(H,21,24). The molecule has 0 saturated heterocycles. The first-order valence-electron chi connectivity index (χ1n) is 7.35. The summed E-state index contributed by atoms with van der Waals surface area (Å²) in [5, 5.41) is 7.68. The van der Waals surface area contributed by atoms with Crippen molar-refractivity contribution in [1.82, 2.24) is 9.78 Å². The Balaban J connectivity index is 1.81. The Morgan fingerprint density at radius 1 is 1.12 bits per heavy atom. The molecular weight excluding hydrogens is 329 g/mol. The maximum absolute atomic E-state index is 13.6. The Hall–Kier alpha value is -2.66. The number of halogens is 2. The van der Waals surface area contributed by atoms with Crippen molar-refractivity contribution >= 4 is 23.2 Å². The van der Waals surface area contributed by atoms with Gasteiger partial charge < -0.3 is 5.32 Å². The maximum Gasteiger partial charge on any atom is 0.258 e. The monoisotopic (exact) mass is 343 g/mol. The fourth-order valence-corrected chi connectivity index (χ4v) is 2.52. The van der Waals surface area contributed by atoms with Crippen LogP contribution in [0.15, 0.2) is 48.5 Å². The lowest BCUT2D eigenvalue weighted by Gasteiger charge is -2.08. The fraction of sp³-hybridized carbons (Fsp3) is 0.111. The molecule has 3 aromatic rings. The lowest BCUT2D eigenvalue weighted by molar-refractivity contribution is 0.102. The molecular formula is C18H15ClFN3O. The van der Waals surface area contributed by atoms with Crippen molar-refractivity contribution in [3.63, 3.8) is 0 Å². The number of rotatable bonds is 3. The van der Waals surface area contributed by atoms with Crippen LogP contribution >= 0.6 is 11.6 Å². The number of aryl methyl sites for hydroxylation is 1. The van der Waals surface area contributed by atoms with E-state index in [2.05, 4.69) is 10.4 Å². The van der Waals surface area contributed by atoms with Crippen molar-refractivity contribution in [2.75, 3.05) is 5.32 Å². The molecule has 1 heterocycles. The molecule has 0 aliphatic rings. The van der Waals surface area contributed by atoms with Crippen molar-refractivity contribution < 1.29 is 9.18 Å². The predicted octanol–water partition coefficient (Wildman–Crippen LogP) is 4.53. The van der Waals surface area contributed by atoms with Crippen molar-refractivity contribution in [3.05, 3.63) is 76.3 Å². The Morgan fingerprint density at radius 3 is 2.38 bits per heavy atom. The molecule has 1 aromatic heterocycles. The highest BCUT2D eigenvalue weighted by atomic mass is 35.5. The van der Waals surface area contributed by atoms with Crippen LogP contribution in [0.1, 0.15) is 21.7 Å². The van der Waals surface area contributed by atoms with Gasteiger partial charge in [-0.15, -0.1) is 0 Å². The zero-order valence-electron chi connectivity index (χ0n) is 13.2. The number of nitrogens with zero attached hydrogens (tertiary/aromatic N) is 2. The number of nitrogens with one attached hydrogen (secondary N) is 1. The molecule has 1 amide bonds. The van der Waals surface area contributed by atoms with Gasteiger partial charge in [-0.05, 0) is 50.2 Å². The Labute approximate surface area is 143 Å². The van der Waals surface area contributed by atoms with E-state index in [-0.39, 0.29) is 5.56 Å². The van der Waals surface area contributed by atoms with Gasteiger partial charge in [0.2, 0.25) is 0 Å². The van der Waals surface area contributed by atoms with Crippen LogP contribution in [0.25, 0.3) is 5.69 Å². The van der Waals surface area contributed by atoms with Gasteiger partial charge in [-0.25, -0.2) is 9.07 Å². The van der Waals surface area contributed by atoms with E-state index in [1.54, 1.807) is 28.9 Å². The Bertz CT molecular complexity index is 903. The van der Waals surface area contributed by atoms with Gasteiger partial charge in [0.25, 0.3) is 5.91 Å². The second kappa shape index (κ2) is 6.45. The largest absolute Gasteiger partial charge is 0.322 e. The first kappa shape index (κ1) is 16.2. The summed E-state index contributed by atoms with van der Waals surface area (Å²) in [6.45, 7) is 3.73. The highest BCUT2D eigenvalue weighted by Gasteiger charge is 2.12. The molecule has 0 bridgehead atoms. The summed E-state index contributed by atoms with van der Waals surface area (Å²) in [7, 11) is 0.